The molecule has 1 N–H and O–H groups in total. The average molecular weight is 510 g/mol. The lowest BCUT2D eigenvalue weighted by Gasteiger charge is -2.31. The van der Waals surface area contributed by atoms with Crippen LogP contribution >= 0.6 is 0 Å². The zero-order valence-electron chi connectivity index (χ0n) is 21.2. The summed E-state index contributed by atoms with van der Waals surface area (Å²) < 4.78 is 26.9. The molecule has 0 aliphatic heterocycles. The Morgan fingerprint density at radius 2 is 1.61 bits per heavy atom. The van der Waals surface area contributed by atoms with Crippen molar-refractivity contribution < 1.29 is 18.0 Å². The second-order valence-corrected chi connectivity index (χ2v) is 10.8. The second-order valence-electron chi connectivity index (χ2n) is 8.91. The largest absolute Gasteiger partial charge is 0.354 e. The summed E-state index contributed by atoms with van der Waals surface area (Å²) in [5.41, 5.74) is 1.47. The molecule has 36 heavy (non-hydrogen) atoms. The molecular weight excluding hydrogens is 474 g/mol. The van der Waals surface area contributed by atoms with Gasteiger partial charge in [-0.05, 0) is 36.8 Å². The van der Waals surface area contributed by atoms with Crippen LogP contribution in [0.1, 0.15) is 32.3 Å². The number of rotatable bonds is 12. The first kappa shape index (κ1) is 27.2. The molecule has 8 heteroatoms. The highest BCUT2D eigenvalue weighted by Gasteiger charge is 2.30. The fraction of sp³-hybridized carbons (Fsp3) is 0.357. The number of fused-ring (bicyclic) bond motifs is 1. The molecular formula is C28H35N3O4S. The molecule has 0 unspecified atom stereocenters. The predicted octanol–water partition coefficient (Wildman–Crippen LogP) is 3.98. The summed E-state index contributed by atoms with van der Waals surface area (Å²) in [6.45, 7) is 4.16. The summed E-state index contributed by atoms with van der Waals surface area (Å²) >= 11 is 0. The first-order valence-electron chi connectivity index (χ1n) is 12.3. The maximum atomic E-state index is 13.6. The molecule has 3 rings (SSSR count). The summed E-state index contributed by atoms with van der Waals surface area (Å²) in [6.07, 6.45) is 3.43. The minimum Gasteiger partial charge on any atom is -0.354 e. The molecule has 1 atom stereocenters. The van der Waals surface area contributed by atoms with Crippen LogP contribution < -0.4 is 9.62 Å². The van der Waals surface area contributed by atoms with E-state index in [1.807, 2.05) is 67.6 Å². The molecule has 0 spiro atoms. The van der Waals surface area contributed by atoms with E-state index in [0.29, 0.717) is 25.2 Å². The molecule has 3 aromatic rings. The van der Waals surface area contributed by atoms with Crippen LogP contribution in [0.5, 0.6) is 0 Å². The maximum absolute atomic E-state index is 13.6. The Bertz CT molecular complexity index is 1270. The summed E-state index contributed by atoms with van der Waals surface area (Å²) in [7, 11) is -3.78. The molecule has 0 radical (unpaired) electrons. The molecule has 2 amide bonds. The van der Waals surface area contributed by atoms with E-state index in [0.717, 1.165) is 39.7 Å². The van der Waals surface area contributed by atoms with E-state index in [-0.39, 0.29) is 5.91 Å². The van der Waals surface area contributed by atoms with Crippen molar-refractivity contribution in [2.45, 2.75) is 39.2 Å². The van der Waals surface area contributed by atoms with Crippen molar-refractivity contribution in [3.63, 3.8) is 0 Å². The molecule has 0 heterocycles. The third kappa shape index (κ3) is 7.07. The van der Waals surface area contributed by atoms with Gasteiger partial charge in [-0.2, -0.15) is 0 Å². The third-order valence-corrected chi connectivity index (χ3v) is 7.32. The fourth-order valence-electron chi connectivity index (χ4n) is 4.13. The van der Waals surface area contributed by atoms with Crippen molar-refractivity contribution in [3.8, 4) is 0 Å². The zero-order chi connectivity index (χ0) is 26.1. The number of benzene rings is 3. The van der Waals surface area contributed by atoms with Crippen LogP contribution in [-0.4, -0.2) is 57.1 Å². The van der Waals surface area contributed by atoms with Crippen molar-refractivity contribution >= 4 is 38.3 Å². The molecule has 0 saturated carbocycles. The molecule has 0 aliphatic rings. The highest BCUT2D eigenvalue weighted by Crippen LogP contribution is 2.28. The van der Waals surface area contributed by atoms with E-state index in [9.17, 15) is 18.0 Å². The van der Waals surface area contributed by atoms with E-state index < -0.39 is 28.5 Å². The molecule has 0 fully saturated rings. The van der Waals surface area contributed by atoms with E-state index in [4.69, 9.17) is 0 Å². The summed E-state index contributed by atoms with van der Waals surface area (Å²) in [5.74, 6) is -0.677. The normalized spacial score (nSPS) is 12.2. The Morgan fingerprint density at radius 3 is 2.31 bits per heavy atom. The standard InChI is InChI=1S/C28H35N3O4S/c1-4-5-19-29-28(33)22(2)30(20-18-23-12-7-6-8-13-23)27(32)21-31(36(3,34)35)26-17-11-15-24-14-9-10-16-25(24)26/h6-17,22H,4-5,18-21H2,1-3H3,(H,29,33)/t22-/m0/s1. The van der Waals surface area contributed by atoms with Gasteiger partial charge >= 0.3 is 0 Å². The van der Waals surface area contributed by atoms with Gasteiger partial charge in [0.1, 0.15) is 12.6 Å². The van der Waals surface area contributed by atoms with E-state index in [1.165, 1.54) is 4.90 Å². The van der Waals surface area contributed by atoms with Crippen molar-refractivity contribution in [2.24, 2.45) is 0 Å². The van der Waals surface area contributed by atoms with Gasteiger partial charge in [0, 0.05) is 18.5 Å². The number of amides is 2. The molecule has 0 aliphatic carbocycles. The number of nitrogens with zero attached hydrogens (tertiary/aromatic N) is 2. The molecule has 0 bridgehead atoms. The van der Waals surface area contributed by atoms with Crippen LogP contribution in [0.4, 0.5) is 5.69 Å². The van der Waals surface area contributed by atoms with Crippen molar-refractivity contribution in [1.29, 1.82) is 0 Å². The Hall–Kier alpha value is -3.39. The number of carbonyl (C=O) groups excluding carboxylic acids is 2. The lowest BCUT2D eigenvalue weighted by molar-refractivity contribution is -0.138. The van der Waals surface area contributed by atoms with Gasteiger partial charge in [-0.3, -0.25) is 13.9 Å². The lowest BCUT2D eigenvalue weighted by Crippen LogP contribution is -2.52. The first-order valence-corrected chi connectivity index (χ1v) is 14.1. The minimum absolute atomic E-state index is 0.249. The number of unbranched alkanes of at least 4 members (excludes halogenated alkanes) is 1. The van der Waals surface area contributed by atoms with Gasteiger partial charge in [0.15, 0.2) is 0 Å². The highest BCUT2D eigenvalue weighted by molar-refractivity contribution is 7.92. The van der Waals surface area contributed by atoms with Crippen LogP contribution in [-0.2, 0) is 26.0 Å². The Morgan fingerprint density at radius 1 is 0.944 bits per heavy atom. The number of sulfonamides is 1. The Kier molecular flexibility index (Phi) is 9.47. The van der Waals surface area contributed by atoms with Crippen molar-refractivity contribution in [3.05, 3.63) is 78.4 Å². The molecule has 3 aromatic carbocycles. The zero-order valence-corrected chi connectivity index (χ0v) is 22.0. The van der Waals surface area contributed by atoms with Gasteiger partial charge in [-0.15, -0.1) is 0 Å². The van der Waals surface area contributed by atoms with Crippen molar-refractivity contribution in [2.75, 3.05) is 30.2 Å². The monoisotopic (exact) mass is 509 g/mol. The quantitative estimate of drug-likeness (QED) is 0.374. The number of anilines is 1. The molecule has 0 aromatic heterocycles. The van der Waals surface area contributed by atoms with E-state index in [2.05, 4.69) is 5.32 Å². The van der Waals surface area contributed by atoms with E-state index in [1.54, 1.807) is 19.1 Å². The SMILES string of the molecule is CCCCNC(=O)[C@H](C)N(CCc1ccccc1)C(=O)CN(c1cccc2ccccc12)S(C)(=O)=O. The summed E-state index contributed by atoms with van der Waals surface area (Å²) in [5, 5.41) is 4.50. The van der Waals surface area contributed by atoms with Crippen LogP contribution in [0.2, 0.25) is 0 Å². The maximum Gasteiger partial charge on any atom is 0.244 e. The van der Waals surface area contributed by atoms with E-state index >= 15 is 0 Å². The number of carbonyl (C=O) groups is 2. The number of hydrogen-bond acceptors (Lipinski definition) is 4. The first-order chi connectivity index (χ1) is 17.2. The summed E-state index contributed by atoms with van der Waals surface area (Å²) in [4.78, 5) is 28.0. The van der Waals surface area contributed by atoms with Gasteiger partial charge < -0.3 is 10.2 Å². The van der Waals surface area contributed by atoms with Crippen LogP contribution in [0.3, 0.4) is 0 Å². The molecule has 192 valence electrons. The van der Waals surface area contributed by atoms with Gasteiger partial charge in [0.05, 0.1) is 11.9 Å². The van der Waals surface area contributed by atoms with Gasteiger partial charge in [0.2, 0.25) is 21.8 Å². The topological polar surface area (TPSA) is 86.8 Å². The minimum atomic E-state index is -3.78. The van der Waals surface area contributed by atoms with Gasteiger partial charge in [-0.25, -0.2) is 8.42 Å². The fourth-order valence-corrected chi connectivity index (χ4v) is 4.99. The van der Waals surface area contributed by atoms with Crippen LogP contribution in [0.25, 0.3) is 10.8 Å². The highest BCUT2D eigenvalue weighted by atomic mass is 32.2. The van der Waals surface area contributed by atoms with Crippen molar-refractivity contribution in [1.82, 2.24) is 10.2 Å². The van der Waals surface area contributed by atoms with Crippen LogP contribution in [0.15, 0.2) is 72.8 Å². The molecule has 0 saturated heterocycles. The Balaban J connectivity index is 1.90. The molecule has 7 nitrogen and oxygen atoms in total. The average Bonchev–Trinajstić information content (AvgIpc) is 2.87. The summed E-state index contributed by atoms with van der Waals surface area (Å²) in [6, 6.07) is 21.8. The number of nitrogens with one attached hydrogen (secondary N) is 1. The van der Waals surface area contributed by atoms with Gasteiger partial charge in [-0.1, -0.05) is 80.1 Å². The Labute approximate surface area is 214 Å². The third-order valence-electron chi connectivity index (χ3n) is 6.20. The smallest absolute Gasteiger partial charge is 0.244 e. The van der Waals surface area contributed by atoms with Gasteiger partial charge in [0.25, 0.3) is 0 Å². The number of hydrogen-bond donors (Lipinski definition) is 1. The second kappa shape index (κ2) is 12.5. The van der Waals surface area contributed by atoms with Crippen LogP contribution in [0, 0.1) is 0 Å². The predicted molar refractivity (Wildman–Crippen MR) is 145 cm³/mol. The lowest BCUT2D eigenvalue weighted by atomic mass is 10.1.